The van der Waals surface area contributed by atoms with E-state index in [1.165, 1.54) is 12.1 Å². The summed E-state index contributed by atoms with van der Waals surface area (Å²) in [6, 6.07) is 15.6. The molecule has 0 fully saturated rings. The zero-order valence-corrected chi connectivity index (χ0v) is 15.3. The molecular weight excluding hydrogens is 359 g/mol. The average molecular weight is 380 g/mol. The molecule has 0 unspecified atom stereocenters. The van der Waals surface area contributed by atoms with Gasteiger partial charge in [0, 0.05) is 18.9 Å². The molecule has 0 atom stereocenters. The second-order valence-electron chi connectivity index (χ2n) is 6.38. The van der Waals surface area contributed by atoms with Gasteiger partial charge in [0.15, 0.2) is 0 Å². The van der Waals surface area contributed by atoms with Gasteiger partial charge in [0.2, 0.25) is 11.8 Å². The first-order chi connectivity index (χ1) is 13.6. The molecule has 0 aliphatic rings. The fourth-order valence-corrected chi connectivity index (χ4v) is 2.76. The first-order valence-electron chi connectivity index (χ1n) is 8.91. The Morgan fingerprint density at radius 3 is 2.50 bits per heavy atom. The number of amides is 2. The Hall–Kier alpha value is -3.48. The van der Waals surface area contributed by atoms with Gasteiger partial charge in [-0.25, -0.2) is 4.39 Å². The van der Waals surface area contributed by atoms with E-state index in [9.17, 15) is 14.0 Å². The van der Waals surface area contributed by atoms with E-state index in [0.29, 0.717) is 18.7 Å². The van der Waals surface area contributed by atoms with Crippen LogP contribution in [0.2, 0.25) is 0 Å². The Balaban J connectivity index is 1.42. The second-order valence-corrected chi connectivity index (χ2v) is 6.38. The number of hydrogen-bond donors (Lipinski definition) is 2. The third kappa shape index (κ3) is 6.05. The number of carbonyl (C=O) groups excluding carboxylic acids is 2. The lowest BCUT2D eigenvalue weighted by Crippen LogP contribution is -2.37. The lowest BCUT2D eigenvalue weighted by atomic mass is 10.1. The van der Waals surface area contributed by atoms with Gasteiger partial charge in [0.05, 0.1) is 19.5 Å². The van der Waals surface area contributed by atoms with Gasteiger partial charge in [-0.2, -0.15) is 5.10 Å². The number of rotatable bonds is 8. The smallest absolute Gasteiger partial charge is 0.239 e. The Kier molecular flexibility index (Phi) is 6.51. The molecule has 3 aromatic rings. The maximum absolute atomic E-state index is 13.1. The number of halogens is 1. The Morgan fingerprint density at radius 2 is 1.71 bits per heavy atom. The van der Waals surface area contributed by atoms with Crippen molar-refractivity contribution in [2.75, 3.05) is 6.54 Å². The molecule has 1 aromatic heterocycles. The summed E-state index contributed by atoms with van der Waals surface area (Å²) in [7, 11) is 0. The first-order valence-corrected chi connectivity index (χ1v) is 8.91. The van der Waals surface area contributed by atoms with Gasteiger partial charge in [0.1, 0.15) is 5.82 Å². The number of carbonyl (C=O) groups is 2. The van der Waals surface area contributed by atoms with Gasteiger partial charge >= 0.3 is 0 Å². The third-order valence-electron chi connectivity index (χ3n) is 4.08. The van der Waals surface area contributed by atoms with E-state index in [0.717, 1.165) is 11.1 Å². The fourth-order valence-electron chi connectivity index (χ4n) is 2.76. The minimum atomic E-state index is -0.391. The first kappa shape index (κ1) is 19.3. The number of nitrogens with zero attached hydrogens (tertiary/aromatic N) is 2. The van der Waals surface area contributed by atoms with Gasteiger partial charge < -0.3 is 10.6 Å². The standard InChI is InChI=1S/C21H21FN4O2/c22-19-7-2-4-16(11-19)12-20(27)24-14-21(28)23-13-17-5-1-6-18(10-17)15-26-9-3-8-25-26/h1-11H,12-15H2,(H,23,28)(H,24,27). The van der Waals surface area contributed by atoms with E-state index in [-0.39, 0.29) is 24.8 Å². The Bertz CT molecular complexity index is 941. The third-order valence-corrected chi connectivity index (χ3v) is 4.08. The highest BCUT2D eigenvalue weighted by Crippen LogP contribution is 2.07. The molecule has 3 rings (SSSR count). The van der Waals surface area contributed by atoms with Crippen LogP contribution >= 0.6 is 0 Å². The van der Waals surface area contributed by atoms with Crippen LogP contribution in [0.4, 0.5) is 4.39 Å². The average Bonchev–Trinajstić information content (AvgIpc) is 3.18. The largest absolute Gasteiger partial charge is 0.350 e. The van der Waals surface area contributed by atoms with Crippen molar-refractivity contribution in [1.29, 1.82) is 0 Å². The normalized spacial score (nSPS) is 10.5. The van der Waals surface area contributed by atoms with Crippen molar-refractivity contribution < 1.29 is 14.0 Å². The molecule has 0 aliphatic heterocycles. The highest BCUT2D eigenvalue weighted by molar-refractivity contribution is 5.85. The Morgan fingerprint density at radius 1 is 0.929 bits per heavy atom. The maximum atomic E-state index is 13.1. The van der Waals surface area contributed by atoms with Crippen molar-refractivity contribution in [1.82, 2.24) is 20.4 Å². The predicted octanol–water partition coefficient (Wildman–Crippen LogP) is 2.05. The molecule has 2 N–H and O–H groups in total. The van der Waals surface area contributed by atoms with E-state index in [1.54, 1.807) is 18.3 Å². The molecule has 144 valence electrons. The zero-order valence-electron chi connectivity index (χ0n) is 15.3. The van der Waals surface area contributed by atoms with Crippen molar-refractivity contribution in [3.8, 4) is 0 Å². The summed E-state index contributed by atoms with van der Waals surface area (Å²) < 4.78 is 15.0. The zero-order chi connectivity index (χ0) is 19.8. The quantitative estimate of drug-likeness (QED) is 0.628. The number of aromatic nitrogens is 2. The SMILES string of the molecule is O=C(CNC(=O)Cc1cccc(F)c1)NCc1cccc(Cn2cccn2)c1. The van der Waals surface area contributed by atoms with Crippen LogP contribution in [-0.4, -0.2) is 28.1 Å². The molecule has 28 heavy (non-hydrogen) atoms. The highest BCUT2D eigenvalue weighted by Gasteiger charge is 2.07. The fraction of sp³-hybridized carbons (Fsp3) is 0.190. The highest BCUT2D eigenvalue weighted by atomic mass is 19.1. The molecule has 0 saturated heterocycles. The van der Waals surface area contributed by atoms with E-state index in [2.05, 4.69) is 15.7 Å². The van der Waals surface area contributed by atoms with Gasteiger partial charge in [0.25, 0.3) is 0 Å². The van der Waals surface area contributed by atoms with Crippen molar-refractivity contribution in [3.05, 3.63) is 89.5 Å². The molecule has 7 heteroatoms. The van der Waals surface area contributed by atoms with Crippen LogP contribution in [0.1, 0.15) is 16.7 Å². The van der Waals surface area contributed by atoms with E-state index in [4.69, 9.17) is 0 Å². The molecule has 2 aromatic carbocycles. The van der Waals surface area contributed by atoms with E-state index >= 15 is 0 Å². The van der Waals surface area contributed by atoms with Crippen molar-refractivity contribution in [2.45, 2.75) is 19.5 Å². The summed E-state index contributed by atoms with van der Waals surface area (Å²) >= 11 is 0. The van der Waals surface area contributed by atoms with Gasteiger partial charge in [-0.15, -0.1) is 0 Å². The molecular formula is C21H21FN4O2. The van der Waals surface area contributed by atoms with Gasteiger partial charge in [-0.05, 0) is 34.9 Å². The summed E-state index contributed by atoms with van der Waals surface area (Å²) in [5.74, 6) is -1.01. The van der Waals surface area contributed by atoms with Crippen LogP contribution in [0.3, 0.4) is 0 Å². The predicted molar refractivity (Wildman–Crippen MR) is 103 cm³/mol. The van der Waals surface area contributed by atoms with E-state index in [1.807, 2.05) is 41.2 Å². The van der Waals surface area contributed by atoms with Gasteiger partial charge in [-0.3, -0.25) is 14.3 Å². The summed E-state index contributed by atoms with van der Waals surface area (Å²) in [5, 5.41) is 9.50. The molecule has 0 aliphatic carbocycles. The van der Waals surface area contributed by atoms with Crippen LogP contribution in [-0.2, 0) is 29.1 Å². The summed E-state index contributed by atoms with van der Waals surface area (Å²) in [4.78, 5) is 23.8. The maximum Gasteiger partial charge on any atom is 0.239 e. The number of hydrogen-bond acceptors (Lipinski definition) is 3. The Labute approximate surface area is 162 Å². The van der Waals surface area contributed by atoms with Crippen molar-refractivity contribution >= 4 is 11.8 Å². The van der Waals surface area contributed by atoms with Crippen LogP contribution < -0.4 is 10.6 Å². The lowest BCUT2D eigenvalue weighted by Gasteiger charge is -2.09. The molecule has 0 spiro atoms. The van der Waals surface area contributed by atoms with Gasteiger partial charge in [-0.1, -0.05) is 36.4 Å². The van der Waals surface area contributed by atoms with Crippen molar-refractivity contribution in [2.24, 2.45) is 0 Å². The molecule has 0 radical (unpaired) electrons. The van der Waals surface area contributed by atoms with Crippen LogP contribution in [0.15, 0.2) is 67.0 Å². The molecule has 2 amide bonds. The summed E-state index contributed by atoms with van der Waals surface area (Å²) in [6.07, 6.45) is 3.65. The molecule has 0 bridgehead atoms. The molecule has 6 nitrogen and oxygen atoms in total. The van der Waals surface area contributed by atoms with Crippen LogP contribution in [0, 0.1) is 5.82 Å². The summed E-state index contributed by atoms with van der Waals surface area (Å²) in [5.41, 5.74) is 2.61. The minimum Gasteiger partial charge on any atom is -0.350 e. The van der Waals surface area contributed by atoms with Crippen LogP contribution in [0.25, 0.3) is 0 Å². The lowest BCUT2D eigenvalue weighted by molar-refractivity contribution is -0.125. The minimum absolute atomic E-state index is 0.0283. The number of nitrogens with one attached hydrogen (secondary N) is 2. The monoisotopic (exact) mass is 380 g/mol. The topological polar surface area (TPSA) is 76.0 Å². The summed E-state index contributed by atoms with van der Waals surface area (Å²) in [6.45, 7) is 0.900. The molecule has 0 saturated carbocycles. The van der Waals surface area contributed by atoms with Crippen molar-refractivity contribution in [3.63, 3.8) is 0 Å². The van der Waals surface area contributed by atoms with Crippen LogP contribution in [0.5, 0.6) is 0 Å². The number of benzene rings is 2. The molecule has 1 heterocycles. The van der Waals surface area contributed by atoms with E-state index < -0.39 is 5.82 Å². The second kappa shape index (κ2) is 9.45.